The van der Waals surface area contributed by atoms with Crippen LogP contribution in [-0.4, -0.2) is 11.6 Å². The molecule has 0 bridgehead atoms. The molecule has 0 aliphatic heterocycles. The van der Waals surface area contributed by atoms with Gasteiger partial charge < -0.3 is 4.42 Å². The zero-order valence-electron chi connectivity index (χ0n) is 12.5. The van der Waals surface area contributed by atoms with E-state index in [4.69, 9.17) is 4.42 Å². The smallest absolute Gasteiger partial charge is 0.198 e. The Hall–Kier alpha value is -2.42. The van der Waals surface area contributed by atoms with Crippen LogP contribution in [0, 0.1) is 0 Å². The Balaban J connectivity index is 1.66. The Morgan fingerprint density at radius 1 is 1.14 bits per heavy atom. The van der Waals surface area contributed by atoms with Gasteiger partial charge in [-0.05, 0) is 35.7 Å². The van der Waals surface area contributed by atoms with Gasteiger partial charge in [-0.2, -0.15) is 0 Å². The zero-order chi connectivity index (χ0) is 15.5. The van der Waals surface area contributed by atoms with Crippen molar-refractivity contribution in [1.29, 1.82) is 0 Å². The minimum absolute atomic E-state index is 0.00365. The number of Topliss-reactive ketones (excluding diaryl/α,β-unsaturated/α-hetero) is 2. The highest BCUT2D eigenvalue weighted by molar-refractivity contribution is 6.01. The lowest BCUT2D eigenvalue weighted by Gasteiger charge is -2.09. The van der Waals surface area contributed by atoms with Gasteiger partial charge >= 0.3 is 0 Å². The van der Waals surface area contributed by atoms with Crippen molar-refractivity contribution >= 4 is 17.6 Å². The van der Waals surface area contributed by atoms with Crippen LogP contribution in [-0.2, 0) is 0 Å². The van der Waals surface area contributed by atoms with Crippen molar-refractivity contribution in [3.05, 3.63) is 65.1 Å². The number of ketones is 2. The highest BCUT2D eigenvalue weighted by Gasteiger charge is 2.18. The minimum atomic E-state index is -0.134. The van der Waals surface area contributed by atoms with Gasteiger partial charge in [-0.25, -0.2) is 0 Å². The van der Waals surface area contributed by atoms with E-state index in [1.54, 1.807) is 12.1 Å². The van der Waals surface area contributed by atoms with Gasteiger partial charge in [0.05, 0.1) is 6.26 Å². The van der Waals surface area contributed by atoms with E-state index < -0.39 is 0 Å². The fourth-order valence-electron chi connectivity index (χ4n) is 2.84. The second kappa shape index (κ2) is 6.14. The van der Waals surface area contributed by atoms with E-state index in [0.29, 0.717) is 17.2 Å². The lowest BCUT2D eigenvalue weighted by molar-refractivity contribution is 0.0902. The summed E-state index contributed by atoms with van der Waals surface area (Å²) in [6.45, 7) is 2.16. The van der Waals surface area contributed by atoms with Gasteiger partial charge in [0.1, 0.15) is 0 Å². The van der Waals surface area contributed by atoms with Gasteiger partial charge in [0.25, 0.3) is 0 Å². The molecule has 1 aromatic heterocycles. The molecule has 2 aromatic rings. The lowest BCUT2D eigenvalue weighted by Crippen LogP contribution is -2.05. The van der Waals surface area contributed by atoms with E-state index in [1.165, 1.54) is 11.8 Å². The van der Waals surface area contributed by atoms with Crippen LogP contribution in [0.25, 0.3) is 6.08 Å². The molecule has 22 heavy (non-hydrogen) atoms. The molecule has 1 atom stereocenters. The number of hydrogen-bond acceptors (Lipinski definition) is 3. The standard InChI is InChI=1S/C19H18O3/c1-2-13-5-6-14-12-15(7-8-16(13)14)17(20)9-10-18(21)19-4-3-11-22-19/h3-8,11-13H,2,9-10H2,1H3. The molecular weight excluding hydrogens is 276 g/mol. The van der Waals surface area contributed by atoms with Crippen molar-refractivity contribution in [1.82, 2.24) is 0 Å². The number of furan rings is 1. The van der Waals surface area contributed by atoms with Crippen LogP contribution in [0.1, 0.15) is 64.1 Å². The first kappa shape index (κ1) is 14.5. The first-order valence-corrected chi connectivity index (χ1v) is 7.61. The van der Waals surface area contributed by atoms with E-state index >= 15 is 0 Å². The average Bonchev–Trinajstić information content (AvgIpc) is 3.20. The minimum Gasteiger partial charge on any atom is -0.461 e. The van der Waals surface area contributed by atoms with Crippen molar-refractivity contribution < 1.29 is 14.0 Å². The molecule has 112 valence electrons. The summed E-state index contributed by atoms with van der Waals surface area (Å²) in [6.07, 6.45) is 7.17. The molecule has 0 N–H and O–H groups in total. The van der Waals surface area contributed by atoms with Crippen LogP contribution >= 0.6 is 0 Å². The Bertz CT molecular complexity index is 723. The van der Waals surface area contributed by atoms with Crippen molar-refractivity contribution in [2.45, 2.75) is 32.1 Å². The topological polar surface area (TPSA) is 47.3 Å². The number of carbonyl (C=O) groups excluding carboxylic acids is 2. The third kappa shape index (κ3) is 2.80. The molecular formula is C19H18O3. The Morgan fingerprint density at radius 2 is 1.95 bits per heavy atom. The van der Waals surface area contributed by atoms with Crippen molar-refractivity contribution in [2.75, 3.05) is 0 Å². The molecule has 3 nitrogen and oxygen atoms in total. The summed E-state index contributed by atoms with van der Waals surface area (Å²) in [5.74, 6) is 0.636. The molecule has 0 saturated carbocycles. The van der Waals surface area contributed by atoms with Crippen LogP contribution in [0.2, 0.25) is 0 Å². The summed E-state index contributed by atoms with van der Waals surface area (Å²) in [5, 5.41) is 0. The molecule has 1 aromatic carbocycles. The van der Waals surface area contributed by atoms with E-state index in [1.807, 2.05) is 18.2 Å². The highest BCUT2D eigenvalue weighted by Crippen LogP contribution is 2.33. The normalized spacial score (nSPS) is 15.8. The quantitative estimate of drug-likeness (QED) is 0.729. The molecule has 1 unspecified atom stereocenters. The molecule has 0 amide bonds. The van der Waals surface area contributed by atoms with Gasteiger partial charge in [0.15, 0.2) is 17.3 Å². The lowest BCUT2D eigenvalue weighted by atomic mass is 9.95. The average molecular weight is 294 g/mol. The van der Waals surface area contributed by atoms with Crippen LogP contribution in [0.4, 0.5) is 0 Å². The first-order chi connectivity index (χ1) is 10.7. The van der Waals surface area contributed by atoms with Gasteiger partial charge in [-0.3, -0.25) is 9.59 Å². The molecule has 1 heterocycles. The van der Waals surface area contributed by atoms with Gasteiger partial charge in [-0.15, -0.1) is 0 Å². The fraction of sp³-hybridized carbons (Fsp3) is 0.263. The Morgan fingerprint density at radius 3 is 2.68 bits per heavy atom. The summed E-state index contributed by atoms with van der Waals surface area (Å²) >= 11 is 0. The summed E-state index contributed by atoms with van der Waals surface area (Å²) in [7, 11) is 0. The number of carbonyl (C=O) groups is 2. The third-order valence-corrected chi connectivity index (χ3v) is 4.13. The van der Waals surface area contributed by atoms with Crippen LogP contribution < -0.4 is 0 Å². The van der Waals surface area contributed by atoms with E-state index in [2.05, 4.69) is 19.1 Å². The van der Waals surface area contributed by atoms with Crippen LogP contribution in [0.15, 0.2) is 47.1 Å². The summed E-state index contributed by atoms with van der Waals surface area (Å²) in [4.78, 5) is 24.1. The summed E-state index contributed by atoms with van der Waals surface area (Å²) < 4.78 is 5.05. The van der Waals surface area contributed by atoms with E-state index in [9.17, 15) is 9.59 Å². The maximum atomic E-state index is 12.3. The summed E-state index contributed by atoms with van der Waals surface area (Å²) in [5.41, 5.74) is 3.08. The maximum absolute atomic E-state index is 12.3. The predicted octanol–water partition coefficient (Wildman–Crippen LogP) is 4.65. The van der Waals surface area contributed by atoms with Crippen molar-refractivity contribution in [3.63, 3.8) is 0 Å². The molecule has 0 saturated heterocycles. The second-order valence-electron chi connectivity index (χ2n) is 5.54. The van der Waals surface area contributed by atoms with Gasteiger partial charge in [0, 0.05) is 24.3 Å². The largest absolute Gasteiger partial charge is 0.461 e. The van der Waals surface area contributed by atoms with E-state index in [0.717, 1.165) is 12.0 Å². The van der Waals surface area contributed by atoms with Crippen molar-refractivity contribution in [3.8, 4) is 0 Å². The van der Waals surface area contributed by atoms with E-state index in [-0.39, 0.29) is 24.4 Å². The van der Waals surface area contributed by atoms with Gasteiger partial charge in [-0.1, -0.05) is 31.2 Å². The molecule has 3 rings (SSSR count). The Kier molecular flexibility index (Phi) is 4.05. The van der Waals surface area contributed by atoms with Gasteiger partial charge in [0.2, 0.25) is 0 Å². The molecule has 0 fully saturated rings. The zero-order valence-corrected chi connectivity index (χ0v) is 12.5. The first-order valence-electron chi connectivity index (χ1n) is 7.61. The SMILES string of the molecule is CCC1C=Cc2cc(C(=O)CCC(=O)c3ccco3)ccc21. The molecule has 1 aliphatic carbocycles. The molecule has 0 radical (unpaired) electrons. The highest BCUT2D eigenvalue weighted by atomic mass is 16.3. The van der Waals surface area contributed by atoms with Crippen molar-refractivity contribution in [2.24, 2.45) is 0 Å². The number of hydrogen-bond donors (Lipinski definition) is 0. The number of allylic oxidation sites excluding steroid dienone is 1. The summed E-state index contributed by atoms with van der Waals surface area (Å²) in [6, 6.07) is 9.13. The second-order valence-corrected chi connectivity index (χ2v) is 5.54. The fourth-order valence-corrected chi connectivity index (χ4v) is 2.84. The molecule has 0 spiro atoms. The monoisotopic (exact) mass is 294 g/mol. The third-order valence-electron chi connectivity index (χ3n) is 4.13. The molecule has 1 aliphatic rings. The maximum Gasteiger partial charge on any atom is 0.198 e. The Labute approximate surface area is 129 Å². The van der Waals surface area contributed by atoms with Crippen LogP contribution in [0.5, 0.6) is 0 Å². The number of fused-ring (bicyclic) bond motifs is 1. The molecule has 3 heteroatoms. The number of benzene rings is 1. The predicted molar refractivity (Wildman–Crippen MR) is 85.1 cm³/mol. The van der Waals surface area contributed by atoms with Crippen LogP contribution in [0.3, 0.4) is 0 Å². The number of rotatable bonds is 6.